The second kappa shape index (κ2) is 5.90. The first-order valence-electron chi connectivity index (χ1n) is 6.31. The molecule has 1 aromatic rings. The first kappa shape index (κ1) is 11.5. The zero-order chi connectivity index (χ0) is 11.2. The Hall–Kier alpha value is -1.02. The molecule has 1 heterocycles. The predicted octanol–water partition coefficient (Wildman–Crippen LogP) is 2.63. The van der Waals surface area contributed by atoms with Crippen LogP contribution >= 0.6 is 0 Å². The summed E-state index contributed by atoms with van der Waals surface area (Å²) >= 11 is 0. The highest BCUT2D eigenvalue weighted by Crippen LogP contribution is 2.21. The van der Waals surface area contributed by atoms with Crippen LogP contribution in [0.2, 0.25) is 0 Å². The third kappa shape index (κ3) is 2.99. The minimum Gasteiger partial charge on any atom is -0.493 e. The van der Waals surface area contributed by atoms with E-state index in [-0.39, 0.29) is 0 Å². The third-order valence-electron chi connectivity index (χ3n) is 3.13. The normalized spacial score (nSPS) is 19.9. The van der Waals surface area contributed by atoms with Crippen molar-refractivity contribution in [2.24, 2.45) is 5.92 Å². The molecule has 2 nitrogen and oxygen atoms in total. The van der Waals surface area contributed by atoms with E-state index in [1.165, 1.54) is 18.4 Å². The Labute approximate surface area is 98.0 Å². The maximum absolute atomic E-state index is 5.93. The summed E-state index contributed by atoms with van der Waals surface area (Å²) in [4.78, 5) is 0. The molecule has 0 unspecified atom stereocenters. The summed E-state index contributed by atoms with van der Waals surface area (Å²) < 4.78 is 5.93. The minimum atomic E-state index is 0.690. The van der Waals surface area contributed by atoms with Crippen molar-refractivity contribution in [1.29, 1.82) is 0 Å². The monoisotopic (exact) mass is 219 g/mol. The second-order valence-corrected chi connectivity index (χ2v) is 4.53. The van der Waals surface area contributed by atoms with Gasteiger partial charge in [0.25, 0.3) is 0 Å². The Balaban J connectivity index is 1.91. The maximum Gasteiger partial charge on any atom is 0.122 e. The summed E-state index contributed by atoms with van der Waals surface area (Å²) in [5, 5.41) is 3.37. The number of rotatable bonds is 5. The largest absolute Gasteiger partial charge is 0.493 e. The van der Waals surface area contributed by atoms with Gasteiger partial charge in [-0.15, -0.1) is 0 Å². The topological polar surface area (TPSA) is 21.3 Å². The predicted molar refractivity (Wildman–Crippen MR) is 66.9 cm³/mol. The highest BCUT2D eigenvalue weighted by molar-refractivity contribution is 5.33. The van der Waals surface area contributed by atoms with E-state index >= 15 is 0 Å². The van der Waals surface area contributed by atoms with Crippen LogP contribution in [-0.4, -0.2) is 19.7 Å². The van der Waals surface area contributed by atoms with Crippen molar-refractivity contribution in [3.05, 3.63) is 29.8 Å². The molecule has 0 aromatic heterocycles. The SMILES string of the molecule is CCCc1ccccc1OC[C@@H]1CCNC1. The molecular formula is C14H21NO. The number of para-hydroxylation sites is 1. The summed E-state index contributed by atoms with van der Waals surface area (Å²) in [7, 11) is 0. The van der Waals surface area contributed by atoms with E-state index in [4.69, 9.17) is 4.74 Å². The van der Waals surface area contributed by atoms with E-state index in [1.54, 1.807) is 0 Å². The molecule has 0 bridgehead atoms. The van der Waals surface area contributed by atoms with Crippen molar-refractivity contribution in [3.63, 3.8) is 0 Å². The number of benzene rings is 1. The van der Waals surface area contributed by atoms with Crippen LogP contribution in [0.5, 0.6) is 5.75 Å². The minimum absolute atomic E-state index is 0.690. The van der Waals surface area contributed by atoms with Gasteiger partial charge in [0.15, 0.2) is 0 Å². The number of hydrogen-bond acceptors (Lipinski definition) is 2. The summed E-state index contributed by atoms with van der Waals surface area (Å²) in [6.45, 7) is 5.31. The van der Waals surface area contributed by atoms with Gasteiger partial charge in [-0.2, -0.15) is 0 Å². The molecule has 0 saturated carbocycles. The first-order chi connectivity index (χ1) is 7.90. The molecule has 16 heavy (non-hydrogen) atoms. The summed E-state index contributed by atoms with van der Waals surface area (Å²) in [6.07, 6.45) is 3.53. The molecule has 1 saturated heterocycles. The molecule has 0 aliphatic carbocycles. The highest BCUT2D eigenvalue weighted by atomic mass is 16.5. The summed E-state index contributed by atoms with van der Waals surface area (Å²) in [6, 6.07) is 8.41. The Morgan fingerprint density at radius 1 is 1.38 bits per heavy atom. The average molecular weight is 219 g/mol. The van der Waals surface area contributed by atoms with Gasteiger partial charge in [-0.25, -0.2) is 0 Å². The zero-order valence-electron chi connectivity index (χ0n) is 10.0. The van der Waals surface area contributed by atoms with Crippen molar-refractivity contribution in [2.45, 2.75) is 26.2 Å². The quantitative estimate of drug-likeness (QED) is 0.822. The van der Waals surface area contributed by atoms with Gasteiger partial charge in [0.1, 0.15) is 5.75 Å². The molecule has 0 radical (unpaired) electrons. The Kier molecular flexibility index (Phi) is 4.23. The van der Waals surface area contributed by atoms with Crippen molar-refractivity contribution in [2.75, 3.05) is 19.7 Å². The van der Waals surface area contributed by atoms with E-state index in [0.29, 0.717) is 5.92 Å². The van der Waals surface area contributed by atoms with Crippen LogP contribution in [0.15, 0.2) is 24.3 Å². The Morgan fingerprint density at radius 3 is 3.00 bits per heavy atom. The average Bonchev–Trinajstić information content (AvgIpc) is 2.81. The van der Waals surface area contributed by atoms with Gasteiger partial charge in [0, 0.05) is 12.5 Å². The third-order valence-corrected chi connectivity index (χ3v) is 3.13. The lowest BCUT2D eigenvalue weighted by molar-refractivity contribution is 0.257. The fourth-order valence-corrected chi connectivity index (χ4v) is 2.18. The van der Waals surface area contributed by atoms with Crippen LogP contribution in [0.25, 0.3) is 0 Å². The molecule has 1 atom stereocenters. The van der Waals surface area contributed by atoms with Crippen molar-refractivity contribution in [3.8, 4) is 5.75 Å². The molecule has 2 rings (SSSR count). The van der Waals surface area contributed by atoms with Gasteiger partial charge >= 0.3 is 0 Å². The summed E-state index contributed by atoms with van der Waals surface area (Å²) in [5.41, 5.74) is 1.34. The number of nitrogens with one attached hydrogen (secondary N) is 1. The summed E-state index contributed by atoms with van der Waals surface area (Å²) in [5.74, 6) is 1.77. The van der Waals surface area contributed by atoms with Crippen LogP contribution in [-0.2, 0) is 6.42 Å². The molecule has 88 valence electrons. The van der Waals surface area contributed by atoms with Gasteiger partial charge in [-0.3, -0.25) is 0 Å². The van der Waals surface area contributed by atoms with Gasteiger partial charge < -0.3 is 10.1 Å². The fraction of sp³-hybridized carbons (Fsp3) is 0.571. The molecular weight excluding hydrogens is 198 g/mol. The van der Waals surface area contributed by atoms with Gasteiger partial charge in [-0.1, -0.05) is 31.5 Å². The Morgan fingerprint density at radius 2 is 2.25 bits per heavy atom. The van der Waals surface area contributed by atoms with E-state index in [0.717, 1.165) is 31.9 Å². The van der Waals surface area contributed by atoms with E-state index in [1.807, 2.05) is 0 Å². The van der Waals surface area contributed by atoms with Gasteiger partial charge in [0.2, 0.25) is 0 Å². The van der Waals surface area contributed by atoms with Crippen LogP contribution in [0.1, 0.15) is 25.3 Å². The smallest absolute Gasteiger partial charge is 0.122 e. The molecule has 2 heteroatoms. The lowest BCUT2D eigenvalue weighted by atomic mass is 10.1. The molecule has 1 aliphatic heterocycles. The first-order valence-corrected chi connectivity index (χ1v) is 6.31. The lowest BCUT2D eigenvalue weighted by Crippen LogP contribution is -2.15. The second-order valence-electron chi connectivity index (χ2n) is 4.53. The lowest BCUT2D eigenvalue weighted by Gasteiger charge is -2.13. The van der Waals surface area contributed by atoms with Crippen LogP contribution in [0.4, 0.5) is 0 Å². The molecule has 0 spiro atoms. The van der Waals surface area contributed by atoms with Crippen LogP contribution in [0, 0.1) is 5.92 Å². The van der Waals surface area contributed by atoms with E-state index < -0.39 is 0 Å². The van der Waals surface area contributed by atoms with Gasteiger partial charge in [0.05, 0.1) is 6.61 Å². The number of hydrogen-bond donors (Lipinski definition) is 1. The van der Waals surface area contributed by atoms with Crippen molar-refractivity contribution < 1.29 is 4.74 Å². The fourth-order valence-electron chi connectivity index (χ4n) is 2.18. The molecule has 1 aromatic carbocycles. The van der Waals surface area contributed by atoms with Crippen molar-refractivity contribution >= 4 is 0 Å². The zero-order valence-corrected chi connectivity index (χ0v) is 10.0. The van der Waals surface area contributed by atoms with Crippen LogP contribution < -0.4 is 10.1 Å². The van der Waals surface area contributed by atoms with Gasteiger partial charge in [-0.05, 0) is 31.0 Å². The molecule has 0 amide bonds. The molecule has 1 aliphatic rings. The standard InChI is InChI=1S/C14H21NO/c1-2-5-13-6-3-4-7-14(13)16-11-12-8-9-15-10-12/h3-4,6-7,12,15H,2,5,8-11H2,1H3/t12-/m1/s1. The highest BCUT2D eigenvalue weighted by Gasteiger charge is 2.15. The molecule has 1 N–H and O–H groups in total. The number of aryl methyl sites for hydroxylation is 1. The molecule has 1 fully saturated rings. The van der Waals surface area contributed by atoms with Crippen LogP contribution in [0.3, 0.4) is 0 Å². The number of ether oxygens (including phenoxy) is 1. The maximum atomic E-state index is 5.93. The van der Waals surface area contributed by atoms with Crippen molar-refractivity contribution in [1.82, 2.24) is 5.32 Å². The van der Waals surface area contributed by atoms with E-state index in [2.05, 4.69) is 36.5 Å². The Bertz CT molecular complexity index is 318. The van der Waals surface area contributed by atoms with E-state index in [9.17, 15) is 0 Å².